The molecule has 0 spiro atoms. The Hall–Kier alpha value is -2.65. The number of esters is 1. The number of methoxy groups -OCH3 is 4. The Morgan fingerprint density at radius 1 is 1.07 bits per heavy atom. The monoisotopic (exact) mass is 408 g/mol. The molecular formula is C19H24N2O6S. The Labute approximate surface area is 168 Å². The number of amides is 1. The number of thiazole rings is 1. The van der Waals surface area contributed by atoms with Gasteiger partial charge in [-0.1, -0.05) is 0 Å². The standard InChI is InChI=1S/C19H24N2O6S/c1-24-7-5-6-21(11-17-20-16(12-28-17)19(23)27-4)18(22)13-8-14(25-2)10-15(9-13)26-3/h8-10,12H,5-7,11H2,1-4H3. The van der Waals surface area contributed by atoms with E-state index in [1.54, 1.807) is 35.6 Å². The summed E-state index contributed by atoms with van der Waals surface area (Å²) in [7, 11) is 5.98. The van der Waals surface area contributed by atoms with E-state index in [9.17, 15) is 9.59 Å². The molecule has 1 heterocycles. The number of carbonyl (C=O) groups excluding carboxylic acids is 2. The van der Waals surface area contributed by atoms with Crippen LogP contribution in [-0.2, 0) is 16.0 Å². The van der Waals surface area contributed by atoms with Crippen molar-refractivity contribution in [3.05, 3.63) is 39.8 Å². The van der Waals surface area contributed by atoms with Crippen LogP contribution in [0.1, 0.15) is 32.3 Å². The van der Waals surface area contributed by atoms with Gasteiger partial charge >= 0.3 is 5.97 Å². The molecule has 0 N–H and O–H groups in total. The molecule has 0 aliphatic carbocycles. The maximum Gasteiger partial charge on any atom is 0.357 e. The smallest absolute Gasteiger partial charge is 0.357 e. The molecule has 152 valence electrons. The summed E-state index contributed by atoms with van der Waals surface area (Å²) < 4.78 is 20.3. The quantitative estimate of drug-likeness (QED) is 0.441. The van der Waals surface area contributed by atoms with E-state index in [-0.39, 0.29) is 18.1 Å². The molecule has 0 unspecified atom stereocenters. The fourth-order valence-corrected chi connectivity index (χ4v) is 3.29. The fourth-order valence-electron chi connectivity index (χ4n) is 2.51. The Bertz CT molecular complexity index is 785. The molecule has 1 amide bonds. The van der Waals surface area contributed by atoms with Crippen molar-refractivity contribution in [1.29, 1.82) is 0 Å². The average molecular weight is 408 g/mol. The van der Waals surface area contributed by atoms with Crippen LogP contribution >= 0.6 is 11.3 Å². The molecule has 0 saturated heterocycles. The summed E-state index contributed by atoms with van der Waals surface area (Å²) in [6.07, 6.45) is 0.665. The van der Waals surface area contributed by atoms with Gasteiger partial charge in [-0.15, -0.1) is 11.3 Å². The van der Waals surface area contributed by atoms with Gasteiger partial charge in [-0.05, 0) is 18.6 Å². The minimum Gasteiger partial charge on any atom is -0.497 e. The first-order valence-electron chi connectivity index (χ1n) is 8.56. The summed E-state index contributed by atoms with van der Waals surface area (Å²) in [5.74, 6) is 0.365. The van der Waals surface area contributed by atoms with Gasteiger partial charge in [0.15, 0.2) is 5.69 Å². The Kier molecular flexibility index (Phi) is 8.21. The second-order valence-electron chi connectivity index (χ2n) is 5.79. The van der Waals surface area contributed by atoms with E-state index in [0.29, 0.717) is 41.6 Å². The van der Waals surface area contributed by atoms with E-state index in [4.69, 9.17) is 14.2 Å². The molecule has 8 nitrogen and oxygen atoms in total. The zero-order valence-corrected chi connectivity index (χ0v) is 17.2. The van der Waals surface area contributed by atoms with E-state index in [1.165, 1.54) is 32.7 Å². The third-order valence-corrected chi connectivity index (χ3v) is 4.77. The molecule has 28 heavy (non-hydrogen) atoms. The van der Waals surface area contributed by atoms with Crippen LogP contribution in [0, 0.1) is 0 Å². The molecule has 0 bridgehead atoms. The molecular weight excluding hydrogens is 384 g/mol. The third-order valence-electron chi connectivity index (χ3n) is 3.93. The number of carbonyl (C=O) groups is 2. The number of rotatable bonds is 10. The molecule has 0 aliphatic heterocycles. The lowest BCUT2D eigenvalue weighted by Crippen LogP contribution is -2.32. The first-order valence-corrected chi connectivity index (χ1v) is 9.44. The van der Waals surface area contributed by atoms with Crippen LogP contribution in [0.3, 0.4) is 0 Å². The van der Waals surface area contributed by atoms with Gasteiger partial charge in [-0.3, -0.25) is 4.79 Å². The van der Waals surface area contributed by atoms with Crippen molar-refractivity contribution >= 4 is 23.2 Å². The van der Waals surface area contributed by atoms with Crippen LogP contribution in [0.4, 0.5) is 0 Å². The molecule has 2 rings (SSSR count). The summed E-state index contributed by atoms with van der Waals surface area (Å²) in [5.41, 5.74) is 0.674. The number of hydrogen-bond donors (Lipinski definition) is 0. The lowest BCUT2D eigenvalue weighted by Gasteiger charge is -2.22. The maximum atomic E-state index is 13.1. The summed E-state index contributed by atoms with van der Waals surface area (Å²) in [6, 6.07) is 5.03. The topological polar surface area (TPSA) is 87.2 Å². The van der Waals surface area contributed by atoms with E-state index < -0.39 is 5.97 Å². The molecule has 1 aromatic carbocycles. The molecule has 9 heteroatoms. The highest BCUT2D eigenvalue weighted by Gasteiger charge is 2.20. The predicted molar refractivity (Wildman–Crippen MR) is 104 cm³/mol. The van der Waals surface area contributed by atoms with E-state index in [0.717, 1.165) is 0 Å². The van der Waals surface area contributed by atoms with Crippen molar-refractivity contribution in [3.8, 4) is 11.5 Å². The van der Waals surface area contributed by atoms with Gasteiger partial charge in [0.2, 0.25) is 0 Å². The van der Waals surface area contributed by atoms with Crippen LogP contribution in [0.5, 0.6) is 11.5 Å². The number of aromatic nitrogens is 1. The van der Waals surface area contributed by atoms with E-state index in [1.807, 2.05) is 0 Å². The Morgan fingerprint density at radius 2 is 1.75 bits per heavy atom. The number of nitrogens with zero attached hydrogens (tertiary/aromatic N) is 2. The van der Waals surface area contributed by atoms with Crippen LogP contribution < -0.4 is 9.47 Å². The van der Waals surface area contributed by atoms with Crippen LogP contribution in [-0.4, -0.2) is 63.4 Å². The van der Waals surface area contributed by atoms with Crippen molar-refractivity contribution in [2.45, 2.75) is 13.0 Å². The fraction of sp³-hybridized carbons (Fsp3) is 0.421. The molecule has 0 radical (unpaired) electrons. The van der Waals surface area contributed by atoms with Gasteiger partial charge in [0.1, 0.15) is 16.5 Å². The number of ether oxygens (including phenoxy) is 4. The highest BCUT2D eigenvalue weighted by atomic mass is 32.1. The van der Waals surface area contributed by atoms with Crippen molar-refractivity contribution in [3.63, 3.8) is 0 Å². The zero-order chi connectivity index (χ0) is 20.5. The first kappa shape index (κ1) is 21.6. The van der Waals surface area contributed by atoms with Crippen molar-refractivity contribution < 1.29 is 28.5 Å². The molecule has 0 fully saturated rings. The molecule has 2 aromatic rings. The number of benzene rings is 1. The maximum absolute atomic E-state index is 13.1. The molecule has 0 aliphatic rings. The van der Waals surface area contributed by atoms with Gasteiger partial charge < -0.3 is 23.8 Å². The first-order chi connectivity index (χ1) is 13.5. The minimum atomic E-state index is -0.503. The van der Waals surface area contributed by atoms with E-state index >= 15 is 0 Å². The third kappa shape index (κ3) is 5.67. The van der Waals surface area contributed by atoms with E-state index in [2.05, 4.69) is 9.72 Å². The Balaban J connectivity index is 2.25. The van der Waals surface area contributed by atoms with Crippen LogP contribution in [0.25, 0.3) is 0 Å². The van der Waals surface area contributed by atoms with Gasteiger partial charge in [-0.2, -0.15) is 0 Å². The predicted octanol–water partition coefficient (Wildman–Crippen LogP) is 2.63. The van der Waals surface area contributed by atoms with Gasteiger partial charge in [0.05, 0.1) is 27.9 Å². The Morgan fingerprint density at radius 3 is 2.32 bits per heavy atom. The van der Waals surface area contributed by atoms with Crippen molar-refractivity contribution in [2.75, 3.05) is 41.6 Å². The largest absolute Gasteiger partial charge is 0.497 e. The highest BCUT2D eigenvalue weighted by molar-refractivity contribution is 7.09. The molecule has 1 aromatic heterocycles. The summed E-state index contributed by atoms with van der Waals surface area (Å²) in [6.45, 7) is 1.26. The van der Waals surface area contributed by atoms with Gasteiger partial charge in [-0.25, -0.2) is 9.78 Å². The second kappa shape index (κ2) is 10.6. The van der Waals surface area contributed by atoms with Crippen molar-refractivity contribution in [1.82, 2.24) is 9.88 Å². The summed E-state index contributed by atoms with van der Waals surface area (Å²) in [5, 5.41) is 2.26. The van der Waals surface area contributed by atoms with Crippen molar-refractivity contribution in [2.24, 2.45) is 0 Å². The minimum absolute atomic E-state index is 0.192. The SMILES string of the molecule is COCCCN(Cc1nc(C(=O)OC)cs1)C(=O)c1cc(OC)cc(OC)c1. The van der Waals surface area contributed by atoms with Crippen LogP contribution in [0.2, 0.25) is 0 Å². The normalized spacial score (nSPS) is 10.4. The van der Waals surface area contributed by atoms with Crippen LogP contribution in [0.15, 0.2) is 23.6 Å². The summed E-state index contributed by atoms with van der Waals surface area (Å²) in [4.78, 5) is 30.7. The summed E-state index contributed by atoms with van der Waals surface area (Å²) >= 11 is 1.30. The lowest BCUT2D eigenvalue weighted by molar-refractivity contribution is 0.0594. The van der Waals surface area contributed by atoms with Gasteiger partial charge in [0.25, 0.3) is 5.91 Å². The molecule has 0 atom stereocenters. The highest BCUT2D eigenvalue weighted by Crippen LogP contribution is 2.24. The second-order valence-corrected chi connectivity index (χ2v) is 6.74. The number of hydrogen-bond acceptors (Lipinski definition) is 8. The molecule has 0 saturated carbocycles. The average Bonchev–Trinajstić information content (AvgIpc) is 3.20. The zero-order valence-electron chi connectivity index (χ0n) is 16.4. The van der Waals surface area contributed by atoms with Gasteiger partial charge in [0, 0.05) is 37.3 Å². The lowest BCUT2D eigenvalue weighted by atomic mass is 10.1.